The van der Waals surface area contributed by atoms with E-state index in [9.17, 15) is 9.59 Å². The Morgan fingerprint density at radius 2 is 1.89 bits per heavy atom. The van der Waals surface area contributed by atoms with Crippen LogP contribution in [-0.2, 0) is 4.74 Å². The number of benzene rings is 1. The molecule has 0 spiro atoms. The third kappa shape index (κ3) is 2.93. The number of ether oxygens (including phenoxy) is 1. The normalized spacial score (nSPS) is 11.5. The van der Waals surface area contributed by atoms with Gasteiger partial charge in [0.2, 0.25) is 0 Å². The molecule has 0 unspecified atom stereocenters. The van der Waals surface area contributed by atoms with E-state index in [-0.39, 0.29) is 5.56 Å². The molecule has 2 N–H and O–H groups in total. The highest BCUT2D eigenvalue weighted by Crippen LogP contribution is 2.19. The van der Waals surface area contributed by atoms with Gasteiger partial charge in [0, 0.05) is 10.9 Å². The maximum Gasteiger partial charge on any atom is 0.355 e. The van der Waals surface area contributed by atoms with Gasteiger partial charge in [-0.2, -0.15) is 0 Å². The van der Waals surface area contributed by atoms with Crippen molar-refractivity contribution in [3.05, 3.63) is 35.5 Å². The Hall–Kier alpha value is -2.30. The zero-order chi connectivity index (χ0) is 14.2. The van der Waals surface area contributed by atoms with Gasteiger partial charge in [-0.25, -0.2) is 9.59 Å². The van der Waals surface area contributed by atoms with Crippen LogP contribution in [0, 0.1) is 0 Å². The lowest BCUT2D eigenvalue weighted by atomic mass is 10.1. The maximum absolute atomic E-state index is 11.9. The van der Waals surface area contributed by atoms with E-state index in [4.69, 9.17) is 9.84 Å². The van der Waals surface area contributed by atoms with Crippen LogP contribution >= 0.6 is 0 Å². The van der Waals surface area contributed by atoms with Gasteiger partial charge in [0.1, 0.15) is 11.3 Å². The van der Waals surface area contributed by atoms with Crippen molar-refractivity contribution in [3.63, 3.8) is 0 Å². The summed E-state index contributed by atoms with van der Waals surface area (Å²) in [4.78, 5) is 25.6. The number of H-pyrrole nitrogens is 1. The molecule has 5 heteroatoms. The summed E-state index contributed by atoms with van der Waals surface area (Å²) in [6, 6.07) is 6.29. The van der Waals surface area contributed by atoms with Crippen molar-refractivity contribution >= 4 is 22.8 Å². The van der Waals surface area contributed by atoms with E-state index in [0.717, 1.165) is 5.39 Å². The molecule has 1 heterocycles. The topological polar surface area (TPSA) is 79.4 Å². The highest BCUT2D eigenvalue weighted by atomic mass is 16.6. The summed E-state index contributed by atoms with van der Waals surface area (Å²) in [7, 11) is 0. The third-order valence-electron chi connectivity index (χ3n) is 2.49. The molecule has 0 saturated carbocycles. The van der Waals surface area contributed by atoms with Gasteiger partial charge in [0.05, 0.1) is 5.56 Å². The molecular weight excluding hydrogens is 246 g/mol. The smallest absolute Gasteiger partial charge is 0.355 e. The average Bonchev–Trinajstić information content (AvgIpc) is 2.68. The molecule has 0 fully saturated rings. The largest absolute Gasteiger partial charge is 0.478 e. The molecule has 0 aliphatic rings. The Kier molecular flexibility index (Phi) is 3.06. The van der Waals surface area contributed by atoms with Crippen molar-refractivity contribution in [2.24, 2.45) is 0 Å². The second-order valence-electron chi connectivity index (χ2n) is 5.29. The number of hydrogen-bond acceptors (Lipinski definition) is 3. The number of carbonyl (C=O) groups excluding carboxylic acids is 1. The zero-order valence-electron chi connectivity index (χ0n) is 11.0. The van der Waals surface area contributed by atoms with Crippen LogP contribution < -0.4 is 0 Å². The SMILES string of the molecule is CC(C)(C)OC(=O)c1cc2ccc(C(=O)O)cc2[nH]1. The van der Waals surface area contributed by atoms with Crippen LogP contribution in [0.1, 0.15) is 41.6 Å². The molecule has 0 bridgehead atoms. The van der Waals surface area contributed by atoms with Crippen molar-refractivity contribution < 1.29 is 19.4 Å². The molecular formula is C14H15NO4. The Balaban J connectivity index is 2.36. The number of esters is 1. The molecule has 2 aromatic rings. The molecule has 1 aromatic carbocycles. The number of aromatic nitrogens is 1. The fraction of sp³-hybridized carbons (Fsp3) is 0.286. The molecule has 0 aliphatic carbocycles. The molecule has 2 rings (SSSR count). The fourth-order valence-corrected chi connectivity index (χ4v) is 1.70. The number of aromatic carboxylic acids is 1. The molecule has 100 valence electrons. The molecule has 0 saturated heterocycles. The number of aromatic amines is 1. The summed E-state index contributed by atoms with van der Waals surface area (Å²) in [6.07, 6.45) is 0. The van der Waals surface area contributed by atoms with Crippen LogP contribution in [0.2, 0.25) is 0 Å². The van der Waals surface area contributed by atoms with Gasteiger partial charge in [-0.3, -0.25) is 0 Å². The van der Waals surface area contributed by atoms with Gasteiger partial charge in [-0.05, 0) is 39.0 Å². The minimum Gasteiger partial charge on any atom is -0.478 e. The molecule has 0 amide bonds. The van der Waals surface area contributed by atoms with Crippen LogP contribution in [0.5, 0.6) is 0 Å². The van der Waals surface area contributed by atoms with E-state index >= 15 is 0 Å². The van der Waals surface area contributed by atoms with Crippen LogP contribution in [-0.4, -0.2) is 27.6 Å². The van der Waals surface area contributed by atoms with Crippen molar-refractivity contribution in [1.82, 2.24) is 4.98 Å². The first-order chi connectivity index (χ1) is 8.76. The van der Waals surface area contributed by atoms with Crippen LogP contribution in [0.15, 0.2) is 24.3 Å². The minimum absolute atomic E-state index is 0.171. The minimum atomic E-state index is -1.00. The third-order valence-corrected chi connectivity index (χ3v) is 2.49. The Morgan fingerprint density at radius 3 is 2.47 bits per heavy atom. The highest BCUT2D eigenvalue weighted by Gasteiger charge is 2.19. The monoisotopic (exact) mass is 261 g/mol. The predicted molar refractivity (Wildman–Crippen MR) is 70.4 cm³/mol. The van der Waals surface area contributed by atoms with Crippen molar-refractivity contribution in [2.75, 3.05) is 0 Å². The van der Waals surface area contributed by atoms with Crippen molar-refractivity contribution in [2.45, 2.75) is 26.4 Å². The standard InChI is InChI=1S/C14H15NO4/c1-14(2,3)19-13(18)11-6-8-4-5-9(12(16)17)7-10(8)15-11/h4-7,15H,1-3H3,(H,16,17). The van der Waals surface area contributed by atoms with Crippen LogP contribution in [0.25, 0.3) is 10.9 Å². The van der Waals surface area contributed by atoms with Gasteiger partial charge in [-0.1, -0.05) is 6.07 Å². The number of carboxylic acid groups (broad SMARTS) is 1. The van der Waals surface area contributed by atoms with Gasteiger partial charge < -0.3 is 14.8 Å². The number of carbonyl (C=O) groups is 2. The zero-order valence-corrected chi connectivity index (χ0v) is 11.0. The molecule has 5 nitrogen and oxygen atoms in total. The van der Waals surface area contributed by atoms with Crippen LogP contribution in [0.4, 0.5) is 0 Å². The van der Waals surface area contributed by atoms with Crippen LogP contribution in [0.3, 0.4) is 0 Å². The van der Waals surface area contributed by atoms with E-state index in [1.165, 1.54) is 12.1 Å². The van der Waals surface area contributed by atoms with Crippen molar-refractivity contribution in [3.8, 4) is 0 Å². The lowest BCUT2D eigenvalue weighted by molar-refractivity contribution is 0.00637. The summed E-state index contributed by atoms with van der Waals surface area (Å²) < 4.78 is 5.24. The summed E-state index contributed by atoms with van der Waals surface area (Å²) in [6.45, 7) is 5.36. The first kappa shape index (κ1) is 13.1. The first-order valence-electron chi connectivity index (χ1n) is 5.86. The predicted octanol–water partition coefficient (Wildman–Crippen LogP) is 2.82. The molecule has 0 radical (unpaired) electrons. The highest BCUT2D eigenvalue weighted by molar-refractivity contribution is 5.98. The Bertz CT molecular complexity index is 649. The van der Waals surface area contributed by atoms with Gasteiger partial charge >= 0.3 is 11.9 Å². The van der Waals surface area contributed by atoms with E-state index in [1.807, 2.05) is 0 Å². The maximum atomic E-state index is 11.9. The number of carboxylic acids is 1. The molecule has 1 aromatic heterocycles. The van der Waals surface area contributed by atoms with E-state index in [1.54, 1.807) is 32.9 Å². The van der Waals surface area contributed by atoms with E-state index in [2.05, 4.69) is 4.98 Å². The Labute approximate surface area is 110 Å². The second kappa shape index (κ2) is 4.42. The molecule has 0 atom stereocenters. The molecule has 0 aliphatic heterocycles. The quantitative estimate of drug-likeness (QED) is 0.815. The van der Waals surface area contributed by atoms with Gasteiger partial charge in [-0.15, -0.1) is 0 Å². The lowest BCUT2D eigenvalue weighted by Gasteiger charge is -2.18. The number of nitrogens with one attached hydrogen (secondary N) is 1. The summed E-state index contributed by atoms with van der Waals surface area (Å²) in [5.74, 6) is -1.46. The fourth-order valence-electron chi connectivity index (χ4n) is 1.70. The summed E-state index contributed by atoms with van der Waals surface area (Å²) in [5.41, 5.74) is 0.513. The van der Waals surface area contributed by atoms with E-state index < -0.39 is 17.5 Å². The van der Waals surface area contributed by atoms with E-state index in [0.29, 0.717) is 11.2 Å². The summed E-state index contributed by atoms with van der Waals surface area (Å²) >= 11 is 0. The summed E-state index contributed by atoms with van der Waals surface area (Å²) in [5, 5.41) is 9.68. The molecule has 19 heavy (non-hydrogen) atoms. The average molecular weight is 261 g/mol. The van der Waals surface area contributed by atoms with Gasteiger partial charge in [0.25, 0.3) is 0 Å². The number of rotatable bonds is 2. The van der Waals surface area contributed by atoms with Crippen molar-refractivity contribution in [1.29, 1.82) is 0 Å². The Morgan fingerprint density at radius 1 is 1.21 bits per heavy atom. The lowest BCUT2D eigenvalue weighted by Crippen LogP contribution is -2.24. The number of fused-ring (bicyclic) bond motifs is 1. The second-order valence-corrected chi connectivity index (χ2v) is 5.29. The first-order valence-corrected chi connectivity index (χ1v) is 5.86. The van der Waals surface area contributed by atoms with Gasteiger partial charge in [0.15, 0.2) is 0 Å². The number of hydrogen-bond donors (Lipinski definition) is 2.